The molecule has 0 aliphatic heterocycles. The largest absolute Gasteiger partial charge is 0.267 e. The number of nitrogens with one attached hydrogen (secondary N) is 1. The smallest absolute Gasteiger partial charge is 0.246 e. The predicted molar refractivity (Wildman–Crippen MR) is 119 cm³/mol. The molecular weight excluding hydrogens is 459 g/mol. The summed E-state index contributed by atoms with van der Waals surface area (Å²) in [6.45, 7) is 3.59. The molecule has 0 fully saturated rings. The molecule has 2 aromatic heterocycles. The molecule has 0 atom stereocenters. The van der Waals surface area contributed by atoms with Gasteiger partial charge in [-0.15, -0.1) is 5.10 Å². The molecule has 0 radical (unpaired) electrons. The monoisotopic (exact) mass is 476 g/mol. The van der Waals surface area contributed by atoms with Crippen LogP contribution in [0.4, 0.5) is 5.95 Å². The van der Waals surface area contributed by atoms with Crippen LogP contribution in [0.2, 0.25) is 10.0 Å². The first-order valence-corrected chi connectivity index (χ1v) is 11.5. The molecular formula is C20H18Cl2N6O2S. The number of hydrogen-bond acceptors (Lipinski definition) is 5. The number of rotatable bonds is 6. The van der Waals surface area contributed by atoms with Crippen molar-refractivity contribution in [1.82, 2.24) is 24.5 Å². The molecule has 2 heterocycles. The number of benzene rings is 2. The first-order chi connectivity index (χ1) is 14.8. The van der Waals surface area contributed by atoms with E-state index in [1.54, 1.807) is 36.7 Å². The van der Waals surface area contributed by atoms with Crippen LogP contribution in [0.3, 0.4) is 0 Å². The molecule has 0 aliphatic carbocycles. The Morgan fingerprint density at radius 2 is 1.65 bits per heavy atom. The second-order valence-electron chi connectivity index (χ2n) is 6.82. The quantitative estimate of drug-likeness (QED) is 0.449. The van der Waals surface area contributed by atoms with Gasteiger partial charge in [0.25, 0.3) is 16.0 Å². The summed E-state index contributed by atoms with van der Waals surface area (Å²) in [7, 11) is -3.96. The van der Waals surface area contributed by atoms with Crippen LogP contribution in [0, 0.1) is 13.8 Å². The van der Waals surface area contributed by atoms with E-state index in [0.29, 0.717) is 27.0 Å². The Morgan fingerprint density at radius 1 is 0.968 bits per heavy atom. The van der Waals surface area contributed by atoms with E-state index in [9.17, 15) is 8.42 Å². The summed E-state index contributed by atoms with van der Waals surface area (Å²) in [6, 6.07) is 14.5. The van der Waals surface area contributed by atoms with Crippen LogP contribution in [0.25, 0.3) is 5.69 Å². The highest BCUT2D eigenvalue weighted by Gasteiger charge is 2.26. The third-order valence-corrected chi connectivity index (χ3v) is 6.93. The lowest BCUT2D eigenvalue weighted by molar-refractivity contribution is 0.599. The van der Waals surface area contributed by atoms with E-state index in [2.05, 4.69) is 19.9 Å². The van der Waals surface area contributed by atoms with Gasteiger partial charge in [0.2, 0.25) is 0 Å². The van der Waals surface area contributed by atoms with Gasteiger partial charge in [-0.25, -0.2) is 22.5 Å². The van der Waals surface area contributed by atoms with Crippen molar-refractivity contribution in [1.29, 1.82) is 0 Å². The topological polar surface area (TPSA) is 94.7 Å². The Kier molecular flexibility index (Phi) is 5.74. The van der Waals surface area contributed by atoms with Gasteiger partial charge in [-0.1, -0.05) is 47.5 Å². The maximum absolute atomic E-state index is 13.1. The zero-order valence-electron chi connectivity index (χ0n) is 16.6. The van der Waals surface area contributed by atoms with Crippen molar-refractivity contribution >= 4 is 39.2 Å². The van der Waals surface area contributed by atoms with Gasteiger partial charge >= 0.3 is 0 Å². The molecule has 0 spiro atoms. The van der Waals surface area contributed by atoms with Crippen LogP contribution in [0.1, 0.15) is 17.0 Å². The lowest BCUT2D eigenvalue weighted by Gasteiger charge is -2.07. The Hall–Kier alpha value is -2.88. The fraction of sp³-hybridized carbons (Fsp3) is 0.150. The Balaban J connectivity index is 1.60. The van der Waals surface area contributed by atoms with Gasteiger partial charge in [0.15, 0.2) is 0 Å². The van der Waals surface area contributed by atoms with Gasteiger partial charge in [0.05, 0.1) is 23.6 Å². The molecule has 8 nitrogen and oxygen atoms in total. The van der Waals surface area contributed by atoms with Crippen LogP contribution in [-0.4, -0.2) is 33.0 Å². The molecule has 0 saturated heterocycles. The zero-order chi connectivity index (χ0) is 22.2. The van der Waals surface area contributed by atoms with Crippen LogP contribution in [-0.2, 0) is 16.6 Å². The molecule has 160 valence electrons. The highest BCUT2D eigenvalue weighted by Crippen LogP contribution is 2.26. The first kappa shape index (κ1) is 21.4. The number of aromatic nitrogens is 5. The second kappa shape index (κ2) is 8.33. The van der Waals surface area contributed by atoms with Gasteiger partial charge in [0, 0.05) is 15.6 Å². The van der Waals surface area contributed by atoms with Crippen LogP contribution in [0.5, 0.6) is 0 Å². The minimum atomic E-state index is -3.96. The molecule has 0 saturated carbocycles. The van der Waals surface area contributed by atoms with Crippen molar-refractivity contribution in [3.8, 4) is 5.69 Å². The summed E-state index contributed by atoms with van der Waals surface area (Å²) >= 11 is 12.4. The van der Waals surface area contributed by atoms with Crippen molar-refractivity contribution in [3.63, 3.8) is 0 Å². The van der Waals surface area contributed by atoms with Gasteiger partial charge < -0.3 is 0 Å². The van der Waals surface area contributed by atoms with Crippen molar-refractivity contribution in [3.05, 3.63) is 81.9 Å². The number of anilines is 1. The number of sulfonamides is 1. The molecule has 4 rings (SSSR count). The van der Waals surface area contributed by atoms with Crippen molar-refractivity contribution in [2.45, 2.75) is 25.3 Å². The zero-order valence-corrected chi connectivity index (χ0v) is 18.9. The molecule has 2 aromatic carbocycles. The molecule has 0 aliphatic rings. The van der Waals surface area contributed by atoms with Crippen LogP contribution < -0.4 is 4.72 Å². The van der Waals surface area contributed by atoms with E-state index >= 15 is 0 Å². The fourth-order valence-corrected chi connectivity index (χ4v) is 5.13. The second-order valence-corrected chi connectivity index (χ2v) is 9.25. The third kappa shape index (κ3) is 4.30. The Morgan fingerprint density at radius 3 is 2.32 bits per heavy atom. The Labute approximate surface area is 189 Å². The lowest BCUT2D eigenvalue weighted by Crippen LogP contribution is -2.16. The highest BCUT2D eigenvalue weighted by atomic mass is 35.5. The van der Waals surface area contributed by atoms with Crippen molar-refractivity contribution in [2.24, 2.45) is 0 Å². The molecule has 4 aromatic rings. The minimum absolute atomic E-state index is 0.0607. The number of nitrogens with zero attached hydrogens (tertiary/aromatic N) is 5. The van der Waals surface area contributed by atoms with Crippen molar-refractivity contribution in [2.75, 3.05) is 4.72 Å². The van der Waals surface area contributed by atoms with E-state index in [-0.39, 0.29) is 17.4 Å². The summed E-state index contributed by atoms with van der Waals surface area (Å²) in [6.07, 6.45) is 1.41. The number of halogens is 2. The van der Waals surface area contributed by atoms with Crippen LogP contribution in [0.15, 0.2) is 59.8 Å². The fourth-order valence-electron chi connectivity index (χ4n) is 3.27. The molecule has 0 bridgehead atoms. The number of para-hydroxylation sites is 1. The van der Waals surface area contributed by atoms with E-state index < -0.39 is 10.0 Å². The maximum atomic E-state index is 13.1. The van der Waals surface area contributed by atoms with E-state index in [1.165, 1.54) is 11.0 Å². The number of aryl methyl sites for hydroxylation is 1. The Bertz CT molecular complexity index is 1330. The van der Waals surface area contributed by atoms with Gasteiger partial charge in [-0.2, -0.15) is 10.1 Å². The molecule has 1 N–H and O–H groups in total. The van der Waals surface area contributed by atoms with E-state index in [4.69, 9.17) is 23.2 Å². The summed E-state index contributed by atoms with van der Waals surface area (Å²) < 4.78 is 31.6. The molecule has 0 amide bonds. The average Bonchev–Trinajstić information content (AvgIpc) is 3.28. The number of hydrogen-bond donors (Lipinski definition) is 1. The highest BCUT2D eigenvalue weighted by molar-refractivity contribution is 7.92. The van der Waals surface area contributed by atoms with Gasteiger partial charge in [0.1, 0.15) is 11.2 Å². The SMILES string of the molecule is Cc1nn(-c2ccccc2)c(C)c1S(=O)(=O)Nc1ncn(Cc2c(Cl)cccc2Cl)n1. The van der Waals surface area contributed by atoms with Crippen LogP contribution >= 0.6 is 23.2 Å². The normalized spacial score (nSPS) is 11.6. The summed E-state index contributed by atoms with van der Waals surface area (Å²) in [5.41, 5.74) is 2.29. The lowest BCUT2D eigenvalue weighted by atomic mass is 10.2. The maximum Gasteiger partial charge on any atom is 0.267 e. The summed E-state index contributed by atoms with van der Waals surface area (Å²) in [5, 5.41) is 9.57. The van der Waals surface area contributed by atoms with Gasteiger partial charge in [-0.05, 0) is 38.1 Å². The molecule has 0 unspecified atom stereocenters. The van der Waals surface area contributed by atoms with E-state index in [1.807, 2.05) is 30.3 Å². The predicted octanol–water partition coefficient (Wildman–Crippen LogP) is 4.24. The summed E-state index contributed by atoms with van der Waals surface area (Å²) in [5.74, 6) is -0.0607. The summed E-state index contributed by atoms with van der Waals surface area (Å²) in [4.78, 5) is 4.14. The van der Waals surface area contributed by atoms with Crippen molar-refractivity contribution < 1.29 is 8.42 Å². The molecule has 31 heavy (non-hydrogen) atoms. The standard InChI is InChI=1S/C20H18Cl2N6O2S/c1-13-19(14(2)28(24-13)15-7-4-3-5-8-15)31(29,30)26-20-23-12-27(25-20)11-16-17(21)9-6-10-18(16)22/h3-10,12H,11H2,1-2H3,(H,25,26). The van der Waals surface area contributed by atoms with E-state index in [0.717, 1.165) is 5.69 Å². The first-order valence-electron chi connectivity index (χ1n) is 9.23. The minimum Gasteiger partial charge on any atom is -0.246 e. The third-order valence-electron chi connectivity index (χ3n) is 4.64. The molecule has 11 heteroatoms. The van der Waals surface area contributed by atoms with Gasteiger partial charge in [-0.3, -0.25) is 0 Å². The average molecular weight is 477 g/mol.